The summed E-state index contributed by atoms with van der Waals surface area (Å²) in [5, 5.41) is 3.78. The molecule has 7 nitrogen and oxygen atoms in total. The zero-order valence-corrected chi connectivity index (χ0v) is 14.5. The van der Waals surface area contributed by atoms with Crippen LogP contribution in [0.25, 0.3) is 0 Å². The molecule has 0 saturated heterocycles. The van der Waals surface area contributed by atoms with Gasteiger partial charge in [0, 0.05) is 37.8 Å². The predicted octanol–water partition coefficient (Wildman–Crippen LogP) is 2.60. The van der Waals surface area contributed by atoms with Crippen molar-refractivity contribution in [2.75, 3.05) is 7.11 Å². The van der Waals surface area contributed by atoms with Crippen LogP contribution in [-0.2, 0) is 24.3 Å². The average Bonchev–Trinajstić information content (AvgIpc) is 3.34. The fourth-order valence-corrected chi connectivity index (χ4v) is 3.31. The predicted molar refractivity (Wildman–Crippen MR) is 93.3 cm³/mol. The monoisotopic (exact) mass is 352 g/mol. The number of benzene rings is 1. The molecule has 3 aromatic rings. The lowest BCUT2D eigenvalue weighted by atomic mass is 10.0. The van der Waals surface area contributed by atoms with Crippen LogP contribution in [-0.4, -0.2) is 32.6 Å². The molecular formula is C19H20N4O3. The van der Waals surface area contributed by atoms with Crippen molar-refractivity contribution < 1.29 is 14.1 Å². The Hall–Kier alpha value is -3.09. The number of ether oxygens (including phenoxy) is 1. The summed E-state index contributed by atoms with van der Waals surface area (Å²) in [5.74, 6) is 2.05. The van der Waals surface area contributed by atoms with Crippen LogP contribution < -0.4 is 4.74 Å². The van der Waals surface area contributed by atoms with Gasteiger partial charge in [-0.25, -0.2) is 4.98 Å². The number of nitrogens with zero attached hydrogens (tertiary/aromatic N) is 4. The molecule has 134 valence electrons. The molecule has 7 heteroatoms. The lowest BCUT2D eigenvalue weighted by Crippen LogP contribution is -2.41. The summed E-state index contributed by atoms with van der Waals surface area (Å²) in [7, 11) is 1.53. The van der Waals surface area contributed by atoms with Gasteiger partial charge in [-0.05, 0) is 10.7 Å². The highest BCUT2D eigenvalue weighted by molar-refractivity contribution is 5.77. The summed E-state index contributed by atoms with van der Waals surface area (Å²) in [6.45, 7) is 1.21. The Kier molecular flexibility index (Phi) is 4.43. The molecule has 0 unspecified atom stereocenters. The first kappa shape index (κ1) is 16.4. The van der Waals surface area contributed by atoms with Crippen molar-refractivity contribution in [1.82, 2.24) is 19.6 Å². The van der Waals surface area contributed by atoms with Gasteiger partial charge in [0.25, 0.3) is 5.88 Å². The summed E-state index contributed by atoms with van der Waals surface area (Å²) in [4.78, 5) is 19.2. The second kappa shape index (κ2) is 7.03. The maximum atomic E-state index is 13.0. The van der Waals surface area contributed by atoms with Crippen LogP contribution in [0.15, 0.2) is 53.3 Å². The van der Waals surface area contributed by atoms with E-state index >= 15 is 0 Å². The number of aromatic nitrogens is 3. The van der Waals surface area contributed by atoms with Gasteiger partial charge in [0.05, 0.1) is 19.7 Å². The molecule has 0 radical (unpaired) electrons. The maximum absolute atomic E-state index is 13.0. The molecule has 0 bridgehead atoms. The molecule has 0 spiro atoms. The highest BCUT2D eigenvalue weighted by atomic mass is 16.5. The third-order valence-electron chi connectivity index (χ3n) is 4.70. The number of amides is 1. The number of hydrogen-bond acceptors (Lipinski definition) is 5. The van der Waals surface area contributed by atoms with E-state index in [9.17, 15) is 4.79 Å². The molecule has 26 heavy (non-hydrogen) atoms. The fourth-order valence-electron chi connectivity index (χ4n) is 3.31. The van der Waals surface area contributed by atoms with Crippen molar-refractivity contribution in [2.45, 2.75) is 32.0 Å². The molecule has 3 heterocycles. The van der Waals surface area contributed by atoms with E-state index in [0.29, 0.717) is 37.6 Å². The van der Waals surface area contributed by atoms with Gasteiger partial charge in [0.15, 0.2) is 0 Å². The molecule has 0 saturated carbocycles. The van der Waals surface area contributed by atoms with E-state index in [-0.39, 0.29) is 11.9 Å². The van der Waals surface area contributed by atoms with Crippen LogP contribution in [0.2, 0.25) is 0 Å². The number of rotatable bonds is 5. The van der Waals surface area contributed by atoms with Crippen molar-refractivity contribution in [2.24, 2.45) is 0 Å². The number of carbonyl (C=O) groups excluding carboxylic acids is 1. The molecule has 0 aliphatic carbocycles. The van der Waals surface area contributed by atoms with Gasteiger partial charge >= 0.3 is 0 Å². The van der Waals surface area contributed by atoms with Gasteiger partial charge in [-0.1, -0.05) is 30.3 Å². The quantitative estimate of drug-likeness (QED) is 0.706. The Morgan fingerprint density at radius 3 is 2.96 bits per heavy atom. The van der Waals surface area contributed by atoms with Gasteiger partial charge in [-0.15, -0.1) is 0 Å². The van der Waals surface area contributed by atoms with Gasteiger partial charge < -0.3 is 18.7 Å². The van der Waals surface area contributed by atoms with Crippen molar-refractivity contribution in [1.29, 1.82) is 0 Å². The van der Waals surface area contributed by atoms with Gasteiger partial charge in [-0.2, -0.15) is 0 Å². The summed E-state index contributed by atoms with van der Waals surface area (Å²) in [5.41, 5.74) is 1.13. The molecule has 1 amide bonds. The van der Waals surface area contributed by atoms with E-state index in [0.717, 1.165) is 11.4 Å². The van der Waals surface area contributed by atoms with E-state index in [1.165, 1.54) is 7.11 Å². The Labute approximate surface area is 151 Å². The molecule has 1 aliphatic rings. The Bertz CT molecular complexity index is 887. The molecular weight excluding hydrogens is 332 g/mol. The second-order valence-electron chi connectivity index (χ2n) is 6.28. The highest BCUT2D eigenvalue weighted by Crippen LogP contribution is 2.30. The smallest absolute Gasteiger partial charge is 0.254 e. The second-order valence-corrected chi connectivity index (χ2v) is 6.28. The minimum atomic E-state index is -0.00494. The van der Waals surface area contributed by atoms with Crippen LogP contribution in [0.1, 0.15) is 29.6 Å². The molecule has 4 rings (SSSR count). The van der Waals surface area contributed by atoms with E-state index in [1.54, 1.807) is 12.3 Å². The Morgan fingerprint density at radius 2 is 2.19 bits per heavy atom. The normalized spacial score (nSPS) is 16.3. The minimum Gasteiger partial charge on any atom is -0.479 e. The summed E-state index contributed by atoms with van der Waals surface area (Å²) in [6, 6.07) is 11.8. The lowest BCUT2D eigenvalue weighted by Gasteiger charge is -2.36. The number of hydrogen-bond donors (Lipinski definition) is 0. The molecule has 0 fully saturated rings. The molecule has 2 aromatic heterocycles. The minimum absolute atomic E-state index is 0.00494. The first-order valence-corrected chi connectivity index (χ1v) is 8.58. The van der Waals surface area contributed by atoms with E-state index < -0.39 is 0 Å². The van der Waals surface area contributed by atoms with Crippen molar-refractivity contribution in [3.8, 4) is 5.88 Å². The zero-order valence-electron chi connectivity index (χ0n) is 14.5. The van der Waals surface area contributed by atoms with Crippen molar-refractivity contribution in [3.05, 3.63) is 65.9 Å². The number of imidazole rings is 1. The first-order chi connectivity index (χ1) is 12.7. The van der Waals surface area contributed by atoms with Crippen LogP contribution in [0.3, 0.4) is 0 Å². The number of methoxy groups -OCH3 is 1. The van der Waals surface area contributed by atoms with Crippen LogP contribution in [0, 0.1) is 0 Å². The lowest BCUT2D eigenvalue weighted by molar-refractivity contribution is -0.136. The van der Waals surface area contributed by atoms with Crippen LogP contribution in [0.5, 0.6) is 5.88 Å². The maximum Gasteiger partial charge on any atom is 0.254 e. The molecule has 0 N–H and O–H groups in total. The Balaban J connectivity index is 1.52. The topological polar surface area (TPSA) is 73.4 Å². The van der Waals surface area contributed by atoms with E-state index in [2.05, 4.69) is 26.8 Å². The van der Waals surface area contributed by atoms with Gasteiger partial charge in [0.2, 0.25) is 5.91 Å². The summed E-state index contributed by atoms with van der Waals surface area (Å²) >= 11 is 0. The summed E-state index contributed by atoms with van der Waals surface area (Å²) < 4.78 is 12.3. The number of fused-ring (bicyclic) bond motifs is 1. The first-order valence-electron chi connectivity index (χ1n) is 8.58. The van der Waals surface area contributed by atoms with Gasteiger partial charge in [0.1, 0.15) is 11.6 Å². The van der Waals surface area contributed by atoms with Crippen LogP contribution >= 0.6 is 0 Å². The largest absolute Gasteiger partial charge is 0.479 e. The van der Waals surface area contributed by atoms with Gasteiger partial charge in [-0.3, -0.25) is 4.79 Å². The highest BCUT2D eigenvalue weighted by Gasteiger charge is 2.31. The average molecular weight is 352 g/mol. The fraction of sp³-hybridized carbons (Fsp3) is 0.316. The standard InChI is InChI=1S/C19H20N4O3/c1-25-18-11-15(26-21-18)7-8-19(24)23-13-17-20-9-10-22(17)12-16(23)14-5-3-2-4-6-14/h2-6,9-11,16H,7-8,12-13H2,1H3/t16-/m1/s1. The molecule has 1 atom stereocenters. The van der Waals surface area contributed by atoms with E-state index in [1.807, 2.05) is 29.3 Å². The third kappa shape index (κ3) is 3.20. The summed E-state index contributed by atoms with van der Waals surface area (Å²) in [6.07, 6.45) is 4.59. The number of carbonyl (C=O) groups is 1. The van der Waals surface area contributed by atoms with Crippen LogP contribution in [0.4, 0.5) is 0 Å². The van der Waals surface area contributed by atoms with E-state index in [4.69, 9.17) is 9.26 Å². The van der Waals surface area contributed by atoms with Crippen molar-refractivity contribution in [3.63, 3.8) is 0 Å². The molecule has 1 aromatic carbocycles. The number of aryl methyl sites for hydroxylation is 1. The zero-order chi connectivity index (χ0) is 17.9. The molecule has 1 aliphatic heterocycles. The third-order valence-corrected chi connectivity index (χ3v) is 4.70. The Morgan fingerprint density at radius 1 is 1.35 bits per heavy atom. The SMILES string of the molecule is COc1cc(CCC(=O)N2Cc3nccn3C[C@@H]2c2ccccc2)on1. The van der Waals surface area contributed by atoms with Crippen molar-refractivity contribution >= 4 is 5.91 Å².